The van der Waals surface area contributed by atoms with Crippen LogP contribution in [0.15, 0.2) is 60.7 Å². The second kappa shape index (κ2) is 7.85. The molecule has 1 atom stereocenters. The fourth-order valence-corrected chi connectivity index (χ4v) is 4.58. The van der Waals surface area contributed by atoms with Crippen LogP contribution in [0.3, 0.4) is 0 Å². The van der Waals surface area contributed by atoms with E-state index in [1.165, 1.54) is 0 Å². The van der Waals surface area contributed by atoms with Gasteiger partial charge in [0.2, 0.25) is 0 Å². The maximum absolute atomic E-state index is 13.1. The fourth-order valence-electron chi connectivity index (χ4n) is 3.97. The minimum Gasteiger partial charge on any atom is -0.431 e. The SMILES string of the molecule is CC(C)[C@@H]1N(CC#C[Si](C)(C)C)C(=O)OC1(c1ccccc1)c1ccccc1. The molecule has 2 aromatic carbocycles. The van der Waals surface area contributed by atoms with Crippen LogP contribution < -0.4 is 0 Å². The molecular weight excluding hydrogens is 362 g/mol. The van der Waals surface area contributed by atoms with E-state index in [-0.39, 0.29) is 18.1 Å². The zero-order valence-corrected chi connectivity index (χ0v) is 18.4. The molecule has 0 radical (unpaired) electrons. The molecule has 0 saturated carbocycles. The predicted octanol–water partition coefficient (Wildman–Crippen LogP) is 5.29. The molecule has 0 N–H and O–H groups in total. The maximum atomic E-state index is 13.1. The van der Waals surface area contributed by atoms with Crippen LogP contribution in [0.5, 0.6) is 0 Å². The van der Waals surface area contributed by atoms with Gasteiger partial charge in [-0.3, -0.25) is 4.90 Å². The maximum Gasteiger partial charge on any atom is 0.412 e. The number of hydrogen-bond donors (Lipinski definition) is 0. The van der Waals surface area contributed by atoms with Crippen LogP contribution in [-0.4, -0.2) is 31.7 Å². The molecule has 1 saturated heterocycles. The third-order valence-corrected chi connectivity index (χ3v) is 5.91. The number of rotatable bonds is 4. The van der Waals surface area contributed by atoms with E-state index in [2.05, 4.69) is 45.0 Å². The largest absolute Gasteiger partial charge is 0.431 e. The van der Waals surface area contributed by atoms with Gasteiger partial charge in [0.05, 0.1) is 12.6 Å². The minimum atomic E-state index is -1.50. The first-order chi connectivity index (χ1) is 13.3. The summed E-state index contributed by atoms with van der Waals surface area (Å²) in [6.07, 6.45) is -0.295. The van der Waals surface area contributed by atoms with Gasteiger partial charge in [0.25, 0.3) is 0 Å². The zero-order chi connectivity index (χ0) is 20.4. The van der Waals surface area contributed by atoms with Crippen molar-refractivity contribution >= 4 is 14.2 Å². The Balaban J connectivity index is 2.13. The van der Waals surface area contributed by atoms with Gasteiger partial charge in [-0.25, -0.2) is 4.79 Å². The summed E-state index contributed by atoms with van der Waals surface area (Å²) >= 11 is 0. The molecule has 3 nitrogen and oxygen atoms in total. The molecule has 0 aromatic heterocycles. The lowest BCUT2D eigenvalue weighted by Crippen LogP contribution is -2.47. The Bertz CT molecular complexity index is 836. The van der Waals surface area contributed by atoms with Crippen molar-refractivity contribution in [3.8, 4) is 11.5 Å². The van der Waals surface area contributed by atoms with Gasteiger partial charge in [0.1, 0.15) is 8.07 Å². The third kappa shape index (κ3) is 3.86. The summed E-state index contributed by atoms with van der Waals surface area (Å²) < 4.78 is 6.22. The number of ether oxygens (including phenoxy) is 1. The molecule has 3 rings (SSSR count). The second-order valence-electron chi connectivity index (χ2n) is 8.70. The van der Waals surface area contributed by atoms with E-state index < -0.39 is 13.7 Å². The van der Waals surface area contributed by atoms with Gasteiger partial charge in [-0.05, 0) is 5.92 Å². The van der Waals surface area contributed by atoms with Crippen LogP contribution in [0.1, 0.15) is 25.0 Å². The van der Waals surface area contributed by atoms with Crippen molar-refractivity contribution in [2.24, 2.45) is 5.92 Å². The Morgan fingerprint density at radius 2 is 1.50 bits per heavy atom. The molecule has 146 valence electrons. The number of carbonyl (C=O) groups is 1. The summed E-state index contributed by atoms with van der Waals surface area (Å²) in [5, 5.41) is 0. The monoisotopic (exact) mass is 391 g/mol. The summed E-state index contributed by atoms with van der Waals surface area (Å²) in [5.74, 6) is 3.46. The molecule has 0 spiro atoms. The van der Waals surface area contributed by atoms with Gasteiger partial charge in [-0.2, -0.15) is 0 Å². The van der Waals surface area contributed by atoms with Gasteiger partial charge in [0, 0.05) is 11.1 Å². The molecule has 1 fully saturated rings. The van der Waals surface area contributed by atoms with Crippen LogP contribution in [-0.2, 0) is 10.3 Å². The average molecular weight is 392 g/mol. The van der Waals surface area contributed by atoms with Crippen LogP contribution >= 0.6 is 0 Å². The number of carbonyl (C=O) groups excluding carboxylic acids is 1. The molecule has 1 amide bonds. The van der Waals surface area contributed by atoms with E-state index in [1.54, 1.807) is 0 Å². The summed E-state index contributed by atoms with van der Waals surface area (Å²) in [6, 6.07) is 20.0. The first-order valence-corrected chi connectivity index (χ1v) is 13.4. The Kier molecular flexibility index (Phi) is 5.67. The first-order valence-electron chi connectivity index (χ1n) is 9.86. The number of amides is 1. The number of cyclic esters (lactones) is 1. The van der Waals surface area contributed by atoms with E-state index in [4.69, 9.17) is 4.74 Å². The third-order valence-electron chi connectivity index (χ3n) is 4.98. The summed E-state index contributed by atoms with van der Waals surface area (Å²) in [6.45, 7) is 11.3. The van der Waals surface area contributed by atoms with Crippen molar-refractivity contribution in [1.82, 2.24) is 4.90 Å². The lowest BCUT2D eigenvalue weighted by molar-refractivity contribution is 0.0553. The number of hydrogen-bond acceptors (Lipinski definition) is 2. The highest BCUT2D eigenvalue weighted by molar-refractivity contribution is 6.83. The molecule has 4 heteroatoms. The van der Waals surface area contributed by atoms with Crippen molar-refractivity contribution in [3.05, 3.63) is 71.8 Å². The normalized spacial score (nSPS) is 18.6. The summed E-state index contributed by atoms with van der Waals surface area (Å²) in [7, 11) is -1.50. The topological polar surface area (TPSA) is 29.5 Å². The van der Waals surface area contributed by atoms with Gasteiger partial charge in [-0.15, -0.1) is 5.54 Å². The Morgan fingerprint density at radius 1 is 1.00 bits per heavy atom. The first kappa shape index (κ1) is 20.2. The lowest BCUT2D eigenvalue weighted by atomic mass is 9.76. The molecule has 0 bridgehead atoms. The summed E-state index contributed by atoms with van der Waals surface area (Å²) in [4.78, 5) is 14.9. The van der Waals surface area contributed by atoms with Crippen molar-refractivity contribution < 1.29 is 9.53 Å². The molecule has 1 aliphatic heterocycles. The van der Waals surface area contributed by atoms with Crippen molar-refractivity contribution in [3.63, 3.8) is 0 Å². The Hall–Kier alpha value is -2.51. The predicted molar refractivity (Wildman–Crippen MR) is 117 cm³/mol. The highest BCUT2D eigenvalue weighted by atomic mass is 28.3. The van der Waals surface area contributed by atoms with E-state index in [0.717, 1.165) is 11.1 Å². The lowest BCUT2D eigenvalue weighted by Gasteiger charge is -2.37. The molecule has 1 heterocycles. The molecule has 2 aromatic rings. The van der Waals surface area contributed by atoms with E-state index in [1.807, 2.05) is 65.6 Å². The molecular formula is C24H29NO2Si. The molecule has 1 aliphatic rings. The second-order valence-corrected chi connectivity index (χ2v) is 13.5. The van der Waals surface area contributed by atoms with Gasteiger partial charge < -0.3 is 4.74 Å². The minimum absolute atomic E-state index is 0.138. The van der Waals surface area contributed by atoms with E-state index in [9.17, 15) is 4.79 Å². The van der Waals surface area contributed by atoms with Gasteiger partial charge in [0.15, 0.2) is 5.60 Å². The number of benzene rings is 2. The standard InChI is InChI=1S/C24H29NO2Si/c1-19(2)22-24(20-13-8-6-9-14-20,21-15-10-7-11-16-21)27-23(26)25(22)17-12-18-28(3,4)5/h6-11,13-16,19,22H,17H2,1-5H3/t22-/m0/s1. The number of nitrogens with zero attached hydrogens (tertiary/aromatic N) is 1. The highest BCUT2D eigenvalue weighted by Crippen LogP contribution is 2.46. The van der Waals surface area contributed by atoms with Crippen molar-refractivity contribution in [2.45, 2.75) is 45.1 Å². The molecule has 0 aliphatic carbocycles. The summed E-state index contributed by atoms with van der Waals surface area (Å²) in [5.41, 5.74) is 4.53. The zero-order valence-electron chi connectivity index (χ0n) is 17.4. The Labute approximate surface area is 169 Å². The van der Waals surface area contributed by atoms with Crippen LogP contribution in [0, 0.1) is 17.4 Å². The Morgan fingerprint density at radius 3 is 1.93 bits per heavy atom. The van der Waals surface area contributed by atoms with Gasteiger partial charge in [-0.1, -0.05) is 100 Å². The highest BCUT2D eigenvalue weighted by Gasteiger charge is 2.57. The van der Waals surface area contributed by atoms with Gasteiger partial charge >= 0.3 is 6.09 Å². The van der Waals surface area contributed by atoms with Crippen LogP contribution in [0.25, 0.3) is 0 Å². The fraction of sp³-hybridized carbons (Fsp3) is 0.375. The van der Waals surface area contributed by atoms with E-state index in [0.29, 0.717) is 6.54 Å². The van der Waals surface area contributed by atoms with Crippen LogP contribution in [0.4, 0.5) is 4.79 Å². The smallest absolute Gasteiger partial charge is 0.412 e. The van der Waals surface area contributed by atoms with Crippen molar-refractivity contribution in [2.75, 3.05) is 6.54 Å². The molecule has 0 unspecified atom stereocenters. The van der Waals surface area contributed by atoms with Crippen molar-refractivity contribution in [1.29, 1.82) is 0 Å². The van der Waals surface area contributed by atoms with E-state index >= 15 is 0 Å². The quantitative estimate of drug-likeness (QED) is 0.524. The molecule has 28 heavy (non-hydrogen) atoms. The van der Waals surface area contributed by atoms with Crippen LogP contribution in [0.2, 0.25) is 19.6 Å². The average Bonchev–Trinajstić information content (AvgIpc) is 2.96.